The molecule has 5 heteroatoms. The lowest BCUT2D eigenvalue weighted by Gasteiger charge is -2.19. The smallest absolute Gasteiger partial charge is 0.176 e. The summed E-state index contributed by atoms with van der Waals surface area (Å²) in [6.07, 6.45) is 1.46. The second-order valence-electron chi connectivity index (χ2n) is 4.21. The summed E-state index contributed by atoms with van der Waals surface area (Å²) in [6, 6.07) is 1.92. The quantitative estimate of drug-likeness (QED) is 0.669. The van der Waals surface area contributed by atoms with E-state index in [1.807, 2.05) is 6.07 Å². The van der Waals surface area contributed by atoms with Gasteiger partial charge in [-0.25, -0.2) is 4.98 Å². The Balaban J connectivity index is 2.71. The molecule has 0 amide bonds. The van der Waals surface area contributed by atoms with Crippen LogP contribution in [0, 0.1) is 0 Å². The van der Waals surface area contributed by atoms with Gasteiger partial charge in [0.25, 0.3) is 0 Å². The Morgan fingerprint density at radius 1 is 1.36 bits per heavy atom. The molecule has 2 aromatic rings. The molecule has 0 saturated carbocycles. The molecule has 0 aromatic carbocycles. The normalized spacial score (nSPS) is 12.3. The fraction of sp³-hybridized carbons (Fsp3) is 0.444. The van der Waals surface area contributed by atoms with E-state index in [1.165, 1.54) is 11.0 Å². The minimum absolute atomic E-state index is 0.0300. The number of fused-ring (bicyclic) bond motifs is 1. The van der Waals surface area contributed by atoms with Gasteiger partial charge in [-0.05, 0) is 11.5 Å². The van der Waals surface area contributed by atoms with Gasteiger partial charge in [0.15, 0.2) is 10.8 Å². The van der Waals surface area contributed by atoms with Crippen molar-refractivity contribution in [2.75, 3.05) is 0 Å². The number of hydrogen-bond donors (Lipinski definition) is 0. The SMILES string of the molecule is CC(C)(C)c1cc2ncnn2nc1Cl. The summed E-state index contributed by atoms with van der Waals surface area (Å²) in [6.45, 7) is 6.26. The van der Waals surface area contributed by atoms with Crippen LogP contribution in [0.2, 0.25) is 5.15 Å². The lowest BCUT2D eigenvalue weighted by Crippen LogP contribution is -2.14. The first kappa shape index (κ1) is 9.40. The van der Waals surface area contributed by atoms with Gasteiger partial charge in [0.05, 0.1) is 0 Å². The molecule has 0 aliphatic carbocycles. The van der Waals surface area contributed by atoms with Crippen LogP contribution in [0.25, 0.3) is 5.65 Å². The molecule has 0 unspecified atom stereocenters. The maximum absolute atomic E-state index is 6.05. The van der Waals surface area contributed by atoms with Gasteiger partial charge in [0, 0.05) is 5.56 Å². The van der Waals surface area contributed by atoms with Gasteiger partial charge in [-0.1, -0.05) is 32.4 Å². The van der Waals surface area contributed by atoms with E-state index in [4.69, 9.17) is 11.6 Å². The molecule has 0 saturated heterocycles. The van der Waals surface area contributed by atoms with Gasteiger partial charge in [0.2, 0.25) is 0 Å². The minimum atomic E-state index is -0.0300. The van der Waals surface area contributed by atoms with Gasteiger partial charge in [0.1, 0.15) is 6.33 Å². The van der Waals surface area contributed by atoms with E-state index < -0.39 is 0 Å². The van der Waals surface area contributed by atoms with Crippen molar-refractivity contribution < 1.29 is 0 Å². The topological polar surface area (TPSA) is 43.1 Å². The average Bonchev–Trinajstić information content (AvgIpc) is 2.47. The van der Waals surface area contributed by atoms with E-state index in [1.54, 1.807) is 0 Å². The molecule has 0 fully saturated rings. The van der Waals surface area contributed by atoms with Crippen LogP contribution in [0.1, 0.15) is 26.3 Å². The average molecular weight is 211 g/mol. The Hall–Kier alpha value is -1.16. The maximum atomic E-state index is 6.05. The van der Waals surface area contributed by atoms with Gasteiger partial charge in [-0.15, -0.1) is 14.8 Å². The van der Waals surface area contributed by atoms with Crippen LogP contribution in [0.4, 0.5) is 0 Å². The first-order valence-corrected chi connectivity index (χ1v) is 4.73. The van der Waals surface area contributed by atoms with E-state index in [2.05, 4.69) is 36.0 Å². The van der Waals surface area contributed by atoms with Crippen molar-refractivity contribution in [1.82, 2.24) is 19.8 Å². The van der Waals surface area contributed by atoms with Crippen molar-refractivity contribution in [2.24, 2.45) is 0 Å². The predicted octanol–water partition coefficient (Wildman–Crippen LogP) is 2.08. The van der Waals surface area contributed by atoms with Crippen molar-refractivity contribution in [3.63, 3.8) is 0 Å². The lowest BCUT2D eigenvalue weighted by molar-refractivity contribution is 0.582. The van der Waals surface area contributed by atoms with E-state index in [-0.39, 0.29) is 5.41 Å². The number of hydrogen-bond acceptors (Lipinski definition) is 3. The lowest BCUT2D eigenvalue weighted by atomic mass is 9.88. The zero-order chi connectivity index (χ0) is 10.3. The molecule has 0 aliphatic heterocycles. The fourth-order valence-electron chi connectivity index (χ4n) is 1.27. The number of halogens is 1. The first-order chi connectivity index (χ1) is 6.48. The predicted molar refractivity (Wildman–Crippen MR) is 54.5 cm³/mol. The number of aromatic nitrogens is 4. The molecule has 0 spiro atoms. The molecule has 2 rings (SSSR count). The van der Waals surface area contributed by atoms with Crippen molar-refractivity contribution in [2.45, 2.75) is 26.2 Å². The highest BCUT2D eigenvalue weighted by Crippen LogP contribution is 2.28. The van der Waals surface area contributed by atoms with Crippen LogP contribution in [0.3, 0.4) is 0 Å². The summed E-state index contributed by atoms with van der Waals surface area (Å²) in [7, 11) is 0. The van der Waals surface area contributed by atoms with Crippen LogP contribution in [0.5, 0.6) is 0 Å². The summed E-state index contributed by atoms with van der Waals surface area (Å²) in [5.41, 5.74) is 1.68. The molecule has 0 radical (unpaired) electrons. The second kappa shape index (κ2) is 2.92. The molecule has 14 heavy (non-hydrogen) atoms. The van der Waals surface area contributed by atoms with Crippen LogP contribution < -0.4 is 0 Å². The van der Waals surface area contributed by atoms with Gasteiger partial charge < -0.3 is 0 Å². The third kappa shape index (κ3) is 1.46. The van der Waals surface area contributed by atoms with Gasteiger partial charge >= 0.3 is 0 Å². The van der Waals surface area contributed by atoms with Gasteiger partial charge in [-0.3, -0.25) is 0 Å². The van der Waals surface area contributed by atoms with Crippen molar-refractivity contribution >= 4 is 17.2 Å². The highest BCUT2D eigenvalue weighted by molar-refractivity contribution is 6.30. The van der Waals surface area contributed by atoms with Crippen LogP contribution in [-0.2, 0) is 5.41 Å². The highest BCUT2D eigenvalue weighted by Gasteiger charge is 2.19. The van der Waals surface area contributed by atoms with Crippen LogP contribution in [0.15, 0.2) is 12.4 Å². The third-order valence-corrected chi connectivity index (χ3v) is 2.32. The van der Waals surface area contributed by atoms with E-state index in [9.17, 15) is 0 Å². The highest BCUT2D eigenvalue weighted by atomic mass is 35.5. The fourth-order valence-corrected chi connectivity index (χ4v) is 1.68. The van der Waals surface area contributed by atoms with Crippen LogP contribution in [-0.4, -0.2) is 19.8 Å². The number of nitrogens with zero attached hydrogens (tertiary/aromatic N) is 4. The summed E-state index contributed by atoms with van der Waals surface area (Å²) in [4.78, 5) is 4.06. The minimum Gasteiger partial charge on any atom is -0.213 e. The molecule has 2 heterocycles. The summed E-state index contributed by atoms with van der Waals surface area (Å²) >= 11 is 6.05. The largest absolute Gasteiger partial charge is 0.213 e. The first-order valence-electron chi connectivity index (χ1n) is 4.35. The molecule has 74 valence electrons. The zero-order valence-electron chi connectivity index (χ0n) is 8.32. The Labute approximate surface area is 86.9 Å². The maximum Gasteiger partial charge on any atom is 0.176 e. The summed E-state index contributed by atoms with van der Waals surface area (Å²) in [5.74, 6) is 0. The molecule has 0 N–H and O–H groups in total. The molecular weight excluding hydrogens is 200 g/mol. The van der Waals surface area contributed by atoms with E-state index in [0.29, 0.717) is 5.15 Å². The summed E-state index contributed by atoms with van der Waals surface area (Å²) < 4.78 is 1.43. The molecule has 0 atom stereocenters. The Kier molecular flexibility index (Phi) is 1.96. The molecule has 4 nitrogen and oxygen atoms in total. The third-order valence-electron chi connectivity index (χ3n) is 2.04. The molecule has 2 aromatic heterocycles. The van der Waals surface area contributed by atoms with Crippen molar-refractivity contribution in [3.05, 3.63) is 23.1 Å². The zero-order valence-corrected chi connectivity index (χ0v) is 9.08. The van der Waals surface area contributed by atoms with Crippen molar-refractivity contribution in [1.29, 1.82) is 0 Å². The molecular formula is C9H11ClN4. The Bertz CT molecular complexity index is 469. The summed E-state index contributed by atoms with van der Waals surface area (Å²) in [5, 5.41) is 8.51. The Morgan fingerprint density at radius 2 is 2.07 bits per heavy atom. The van der Waals surface area contributed by atoms with Crippen LogP contribution >= 0.6 is 11.6 Å². The monoisotopic (exact) mass is 210 g/mol. The van der Waals surface area contributed by atoms with E-state index in [0.717, 1.165) is 11.2 Å². The second-order valence-corrected chi connectivity index (χ2v) is 4.56. The van der Waals surface area contributed by atoms with Gasteiger partial charge in [-0.2, -0.15) is 0 Å². The van der Waals surface area contributed by atoms with Crippen molar-refractivity contribution in [3.8, 4) is 0 Å². The standard InChI is InChI=1S/C9H11ClN4/c1-9(2,3)6-4-7-11-5-12-14(7)13-8(6)10/h4-5H,1-3H3. The number of rotatable bonds is 0. The molecule has 0 aliphatic rings. The molecule has 0 bridgehead atoms. The van der Waals surface area contributed by atoms with E-state index >= 15 is 0 Å². The Morgan fingerprint density at radius 3 is 2.71 bits per heavy atom.